The predicted molar refractivity (Wildman–Crippen MR) is 104 cm³/mol. The van der Waals surface area contributed by atoms with Gasteiger partial charge in [-0.1, -0.05) is 49.4 Å². The normalized spacial score (nSPS) is 14.3. The Balaban J connectivity index is 2.08. The van der Waals surface area contributed by atoms with Gasteiger partial charge in [-0.15, -0.1) is 0 Å². The Kier molecular flexibility index (Phi) is 7.22. The number of amides is 1. The first-order valence-electron chi connectivity index (χ1n) is 9.10. The number of methoxy groups -OCH3 is 1. The van der Waals surface area contributed by atoms with Gasteiger partial charge in [-0.05, 0) is 43.0 Å². The molecule has 26 heavy (non-hydrogen) atoms. The average Bonchev–Trinajstić information content (AvgIpc) is 2.70. The molecular weight excluding hydrogens is 326 g/mol. The Morgan fingerprint density at radius 1 is 1.15 bits per heavy atom. The Bertz CT molecular complexity index is 702. The minimum absolute atomic E-state index is 0.0535. The van der Waals surface area contributed by atoms with Gasteiger partial charge in [0.2, 0.25) is 5.91 Å². The monoisotopic (exact) mass is 355 g/mol. The Hall–Kier alpha value is -2.33. The summed E-state index contributed by atoms with van der Waals surface area (Å²) in [5.74, 6) is 0.723. The zero-order valence-electron chi connectivity index (χ0n) is 16.1. The Morgan fingerprint density at radius 2 is 1.85 bits per heavy atom. The van der Waals surface area contributed by atoms with Crippen LogP contribution in [-0.2, 0) is 11.2 Å². The van der Waals surface area contributed by atoms with Gasteiger partial charge in [-0.2, -0.15) is 0 Å². The van der Waals surface area contributed by atoms with Gasteiger partial charge in [0.25, 0.3) is 0 Å². The summed E-state index contributed by atoms with van der Waals surface area (Å²) in [4.78, 5) is 14.7. The maximum absolute atomic E-state index is 13.0. The zero-order valence-corrected chi connectivity index (χ0v) is 16.1. The molecule has 0 fully saturated rings. The molecule has 2 rings (SSSR count). The Labute approximate surface area is 156 Å². The summed E-state index contributed by atoms with van der Waals surface area (Å²) in [6.45, 7) is 3.91. The number of carbonyl (C=O) groups is 1. The zero-order chi connectivity index (χ0) is 19.1. The molecule has 0 aliphatic heterocycles. The summed E-state index contributed by atoms with van der Waals surface area (Å²) in [6.07, 6.45) is 0.694. The van der Waals surface area contributed by atoms with Crippen LogP contribution in [0, 0.1) is 5.92 Å². The van der Waals surface area contributed by atoms with Gasteiger partial charge < -0.3 is 14.7 Å². The van der Waals surface area contributed by atoms with Crippen LogP contribution >= 0.6 is 0 Å². The average molecular weight is 355 g/mol. The van der Waals surface area contributed by atoms with E-state index in [1.165, 1.54) is 0 Å². The molecular formula is C22H29NO3. The molecule has 0 saturated carbocycles. The van der Waals surface area contributed by atoms with Crippen LogP contribution < -0.4 is 4.74 Å². The van der Waals surface area contributed by atoms with Gasteiger partial charge >= 0.3 is 0 Å². The van der Waals surface area contributed by atoms with E-state index in [1.807, 2.05) is 68.4 Å². The van der Waals surface area contributed by atoms with E-state index < -0.39 is 6.10 Å². The second kappa shape index (κ2) is 9.39. The molecule has 0 aliphatic carbocycles. The lowest BCUT2D eigenvalue weighted by Crippen LogP contribution is -2.42. The number of hydrogen-bond acceptors (Lipinski definition) is 3. The fourth-order valence-corrected chi connectivity index (χ4v) is 3.12. The van der Waals surface area contributed by atoms with Crippen LogP contribution in [0.2, 0.25) is 0 Å². The van der Waals surface area contributed by atoms with Gasteiger partial charge in [0.05, 0.1) is 19.3 Å². The summed E-state index contributed by atoms with van der Waals surface area (Å²) in [6, 6.07) is 17.0. The third-order valence-corrected chi connectivity index (χ3v) is 5.01. The molecule has 4 heteroatoms. The minimum Gasteiger partial charge on any atom is -0.497 e. The van der Waals surface area contributed by atoms with Gasteiger partial charge in [0.15, 0.2) is 0 Å². The molecule has 0 aliphatic rings. The molecule has 0 unspecified atom stereocenters. The molecule has 1 N–H and O–H groups in total. The maximum atomic E-state index is 13.0. The molecule has 1 amide bonds. The number of hydrogen-bond donors (Lipinski definition) is 1. The Morgan fingerprint density at radius 3 is 2.46 bits per heavy atom. The quantitative estimate of drug-likeness (QED) is 0.783. The topological polar surface area (TPSA) is 49.8 Å². The third-order valence-electron chi connectivity index (χ3n) is 5.01. The summed E-state index contributed by atoms with van der Waals surface area (Å²) in [5, 5.41) is 10.6. The summed E-state index contributed by atoms with van der Waals surface area (Å²) < 4.78 is 5.27. The van der Waals surface area contributed by atoms with Crippen molar-refractivity contribution in [2.75, 3.05) is 14.2 Å². The van der Waals surface area contributed by atoms with Crippen molar-refractivity contribution in [3.05, 3.63) is 65.7 Å². The fraction of sp³-hybridized carbons (Fsp3) is 0.409. The highest BCUT2D eigenvalue weighted by molar-refractivity contribution is 5.79. The highest BCUT2D eigenvalue weighted by Gasteiger charge is 2.28. The second-order valence-electron chi connectivity index (χ2n) is 6.71. The van der Waals surface area contributed by atoms with E-state index in [0.717, 1.165) is 23.3 Å². The first-order valence-corrected chi connectivity index (χ1v) is 9.10. The summed E-state index contributed by atoms with van der Waals surface area (Å²) >= 11 is 0. The summed E-state index contributed by atoms with van der Waals surface area (Å²) in [5.41, 5.74) is 1.90. The molecule has 0 aromatic heterocycles. The van der Waals surface area contributed by atoms with Gasteiger partial charge in [0, 0.05) is 13.0 Å². The molecule has 140 valence electrons. The van der Waals surface area contributed by atoms with Crippen LogP contribution in [-0.4, -0.2) is 36.1 Å². The lowest BCUT2D eigenvalue weighted by molar-refractivity contribution is -0.138. The molecule has 0 radical (unpaired) electrons. The molecule has 4 nitrogen and oxygen atoms in total. The summed E-state index contributed by atoms with van der Waals surface area (Å²) in [7, 11) is 3.41. The molecule has 0 saturated heterocycles. The number of rotatable bonds is 8. The van der Waals surface area contributed by atoms with Crippen LogP contribution in [0.25, 0.3) is 0 Å². The highest BCUT2D eigenvalue weighted by atomic mass is 16.5. The van der Waals surface area contributed by atoms with E-state index in [4.69, 9.17) is 4.74 Å². The van der Waals surface area contributed by atoms with Crippen molar-refractivity contribution >= 4 is 5.91 Å². The van der Waals surface area contributed by atoms with Gasteiger partial charge in [0.1, 0.15) is 5.75 Å². The van der Waals surface area contributed by atoms with Crippen molar-refractivity contribution in [1.29, 1.82) is 0 Å². The molecule has 0 heterocycles. The van der Waals surface area contributed by atoms with Crippen molar-refractivity contribution in [1.82, 2.24) is 4.90 Å². The van der Waals surface area contributed by atoms with Crippen molar-refractivity contribution < 1.29 is 14.6 Å². The number of nitrogens with zero attached hydrogens (tertiary/aromatic N) is 1. The predicted octanol–water partition coefficient (Wildman–Crippen LogP) is 3.84. The highest BCUT2D eigenvalue weighted by Crippen LogP contribution is 2.24. The molecule has 2 aromatic carbocycles. The van der Waals surface area contributed by atoms with E-state index in [-0.39, 0.29) is 17.9 Å². The number of carbonyl (C=O) groups excluding carboxylic acids is 1. The van der Waals surface area contributed by atoms with Gasteiger partial charge in [-0.3, -0.25) is 4.79 Å². The van der Waals surface area contributed by atoms with Crippen molar-refractivity contribution in [2.45, 2.75) is 38.8 Å². The fourth-order valence-electron chi connectivity index (χ4n) is 3.12. The molecule has 0 bridgehead atoms. The number of ether oxygens (including phenoxy) is 1. The SMILES string of the molecule is CC[C@@H](Cc1cccc(OC)c1)C(=O)N(C)[C@H](C)[C@H](O)c1ccccc1. The van der Waals surface area contributed by atoms with Gasteiger partial charge in [-0.25, -0.2) is 0 Å². The smallest absolute Gasteiger partial charge is 0.226 e. The lowest BCUT2D eigenvalue weighted by Gasteiger charge is -2.32. The van der Waals surface area contributed by atoms with Crippen LogP contribution in [0.5, 0.6) is 5.75 Å². The minimum atomic E-state index is -0.709. The lowest BCUT2D eigenvalue weighted by atomic mass is 9.94. The van der Waals surface area contributed by atoms with Crippen molar-refractivity contribution in [3.63, 3.8) is 0 Å². The number of likely N-dealkylation sites (N-methyl/N-ethyl adjacent to an activating group) is 1. The first-order chi connectivity index (χ1) is 12.5. The maximum Gasteiger partial charge on any atom is 0.226 e. The van der Waals surface area contributed by atoms with E-state index in [9.17, 15) is 9.90 Å². The van der Waals surface area contributed by atoms with E-state index >= 15 is 0 Å². The van der Waals surface area contributed by atoms with Crippen molar-refractivity contribution in [3.8, 4) is 5.75 Å². The van der Waals surface area contributed by atoms with Crippen LogP contribution in [0.3, 0.4) is 0 Å². The van der Waals surface area contributed by atoms with Crippen LogP contribution in [0.1, 0.15) is 37.5 Å². The number of aliphatic hydroxyl groups is 1. The van der Waals surface area contributed by atoms with E-state index in [1.54, 1.807) is 19.1 Å². The number of aliphatic hydroxyl groups excluding tert-OH is 1. The first kappa shape index (κ1) is 20.0. The van der Waals surface area contributed by atoms with Crippen LogP contribution in [0.15, 0.2) is 54.6 Å². The molecule has 3 atom stereocenters. The molecule has 2 aromatic rings. The largest absolute Gasteiger partial charge is 0.497 e. The molecule has 0 spiro atoms. The van der Waals surface area contributed by atoms with E-state index in [0.29, 0.717) is 6.42 Å². The van der Waals surface area contributed by atoms with Crippen molar-refractivity contribution in [2.24, 2.45) is 5.92 Å². The number of benzene rings is 2. The van der Waals surface area contributed by atoms with E-state index in [2.05, 4.69) is 0 Å². The third kappa shape index (κ3) is 4.85. The van der Waals surface area contributed by atoms with Crippen LogP contribution in [0.4, 0.5) is 0 Å². The second-order valence-corrected chi connectivity index (χ2v) is 6.71. The standard InChI is InChI=1S/C22H29NO3/c1-5-18(14-17-10-9-13-20(15-17)26-4)22(25)23(3)16(2)21(24)19-11-7-6-8-12-19/h6-13,15-16,18,21,24H,5,14H2,1-4H3/t16-,18+,21+/m1/s1.